The van der Waals surface area contributed by atoms with E-state index in [2.05, 4.69) is 10.2 Å². The predicted octanol–water partition coefficient (Wildman–Crippen LogP) is 1.53. The van der Waals surface area contributed by atoms with Gasteiger partial charge in [0.1, 0.15) is 5.71 Å². The van der Waals surface area contributed by atoms with E-state index in [4.69, 9.17) is 5.73 Å². The first-order valence-electron chi connectivity index (χ1n) is 6.10. The molecule has 0 aliphatic carbocycles. The van der Waals surface area contributed by atoms with Crippen LogP contribution in [0.4, 0.5) is 0 Å². The Morgan fingerprint density at radius 1 is 0.952 bits per heavy atom. The summed E-state index contributed by atoms with van der Waals surface area (Å²) in [7, 11) is 0. The zero-order chi connectivity index (χ0) is 15.1. The van der Waals surface area contributed by atoms with Gasteiger partial charge in [-0.3, -0.25) is 0 Å². The fourth-order valence-electron chi connectivity index (χ4n) is 1.69. The Morgan fingerprint density at radius 2 is 1.43 bits per heavy atom. The van der Waals surface area contributed by atoms with Crippen LogP contribution in [0, 0.1) is 10.1 Å². The third kappa shape index (κ3) is 4.13. The van der Waals surface area contributed by atoms with Gasteiger partial charge >= 0.3 is 0 Å². The number of rotatable bonds is 4. The molecule has 0 fully saturated rings. The van der Waals surface area contributed by atoms with Crippen LogP contribution in [0.1, 0.15) is 11.1 Å². The van der Waals surface area contributed by atoms with E-state index in [9.17, 15) is 10.1 Å². The zero-order valence-electron chi connectivity index (χ0n) is 11.0. The second-order valence-electron chi connectivity index (χ2n) is 4.03. The summed E-state index contributed by atoms with van der Waals surface area (Å²) in [6.45, 7) is 0. The van der Waals surface area contributed by atoms with Crippen molar-refractivity contribution in [3.63, 3.8) is 0 Å². The van der Waals surface area contributed by atoms with Gasteiger partial charge in [-0.25, -0.2) is 10.1 Å². The molecule has 0 atom stereocenters. The molecule has 7 nitrogen and oxygen atoms in total. The third-order valence-corrected chi connectivity index (χ3v) is 2.56. The lowest BCUT2D eigenvalue weighted by Crippen LogP contribution is -2.35. The summed E-state index contributed by atoms with van der Waals surface area (Å²) in [5.41, 5.74) is 9.36. The molecule has 3 N–H and O–H groups in total. The standard InChI is InChI=1S/C14H13N5O2/c15-14(18-19(20)21)17-16-13(11-7-3-1-4-8-11)12-9-5-2-6-10-12/h1-10H,(H3,15,17,18). The van der Waals surface area contributed by atoms with Crippen molar-refractivity contribution in [3.05, 3.63) is 81.9 Å². The van der Waals surface area contributed by atoms with Crippen LogP contribution in [-0.2, 0) is 0 Å². The maximum atomic E-state index is 10.3. The van der Waals surface area contributed by atoms with Gasteiger partial charge in [0.15, 0.2) is 5.03 Å². The summed E-state index contributed by atoms with van der Waals surface area (Å²) in [5.74, 6) is -0.385. The van der Waals surface area contributed by atoms with E-state index in [1.165, 1.54) is 0 Å². The van der Waals surface area contributed by atoms with Gasteiger partial charge in [0.2, 0.25) is 0 Å². The molecule has 0 heterocycles. The molecule has 0 bridgehead atoms. The van der Waals surface area contributed by atoms with Gasteiger partial charge in [-0.15, -0.1) is 10.2 Å². The monoisotopic (exact) mass is 283 g/mol. The van der Waals surface area contributed by atoms with Crippen LogP contribution < -0.4 is 11.2 Å². The number of nitro groups is 1. The van der Waals surface area contributed by atoms with Crippen LogP contribution in [0.2, 0.25) is 0 Å². The van der Waals surface area contributed by atoms with Gasteiger partial charge < -0.3 is 5.73 Å². The first-order valence-corrected chi connectivity index (χ1v) is 6.10. The Kier molecular flexibility index (Phi) is 4.60. The number of hydrogen-bond donors (Lipinski definition) is 2. The van der Waals surface area contributed by atoms with E-state index in [-0.39, 0.29) is 5.96 Å². The molecule has 0 saturated heterocycles. The molecule has 2 rings (SSSR count). The van der Waals surface area contributed by atoms with Crippen LogP contribution in [0.25, 0.3) is 0 Å². The molecule has 106 valence electrons. The number of benzene rings is 2. The Bertz CT molecular complexity index is 627. The van der Waals surface area contributed by atoms with Gasteiger partial charge in [-0.1, -0.05) is 66.1 Å². The SMILES string of the molecule is NC(=NN=C(c1ccccc1)c1ccccc1)N[N+](=O)[O-]. The normalized spacial score (nSPS) is 10.8. The van der Waals surface area contributed by atoms with Crippen LogP contribution in [-0.4, -0.2) is 16.7 Å². The molecule has 0 unspecified atom stereocenters. The van der Waals surface area contributed by atoms with E-state index in [0.29, 0.717) is 5.71 Å². The maximum absolute atomic E-state index is 10.3. The molecule has 0 spiro atoms. The lowest BCUT2D eigenvalue weighted by Gasteiger charge is -2.05. The quantitative estimate of drug-likeness (QED) is 0.384. The number of nitrogens with one attached hydrogen (secondary N) is 1. The summed E-state index contributed by atoms with van der Waals surface area (Å²) in [6, 6.07) is 18.8. The summed E-state index contributed by atoms with van der Waals surface area (Å²) in [6.07, 6.45) is 0. The average Bonchev–Trinajstić information content (AvgIpc) is 2.49. The molecule has 2 aromatic carbocycles. The molecule has 0 amide bonds. The highest BCUT2D eigenvalue weighted by molar-refractivity contribution is 6.12. The number of hydrogen-bond acceptors (Lipinski definition) is 4. The summed E-state index contributed by atoms with van der Waals surface area (Å²) < 4.78 is 0. The van der Waals surface area contributed by atoms with Crippen molar-refractivity contribution in [1.29, 1.82) is 0 Å². The average molecular weight is 283 g/mol. The fourth-order valence-corrected chi connectivity index (χ4v) is 1.69. The third-order valence-electron chi connectivity index (χ3n) is 2.56. The molecule has 2 aromatic rings. The van der Waals surface area contributed by atoms with Crippen LogP contribution in [0.5, 0.6) is 0 Å². The lowest BCUT2D eigenvalue weighted by molar-refractivity contribution is -0.525. The largest absolute Gasteiger partial charge is 0.364 e. The topological polar surface area (TPSA) is 106 Å². The van der Waals surface area contributed by atoms with Gasteiger partial charge in [0, 0.05) is 11.1 Å². The van der Waals surface area contributed by atoms with E-state index < -0.39 is 5.03 Å². The Labute approximate surface area is 120 Å². The van der Waals surface area contributed by atoms with Crippen molar-refractivity contribution in [2.75, 3.05) is 0 Å². The zero-order valence-corrected chi connectivity index (χ0v) is 11.0. The molecule has 0 radical (unpaired) electrons. The molecule has 0 saturated carbocycles. The van der Waals surface area contributed by atoms with Crippen molar-refractivity contribution >= 4 is 11.7 Å². The molecule has 7 heteroatoms. The van der Waals surface area contributed by atoms with E-state index in [0.717, 1.165) is 11.1 Å². The minimum absolute atomic E-state index is 0.385. The number of hydrazine groups is 1. The van der Waals surface area contributed by atoms with Crippen molar-refractivity contribution in [2.24, 2.45) is 15.9 Å². The molecule has 0 aromatic heterocycles. The van der Waals surface area contributed by atoms with Gasteiger partial charge in [0.05, 0.1) is 0 Å². The van der Waals surface area contributed by atoms with Gasteiger partial charge in [-0.2, -0.15) is 0 Å². The second kappa shape index (κ2) is 6.80. The maximum Gasteiger partial charge on any atom is 0.275 e. The highest BCUT2D eigenvalue weighted by Crippen LogP contribution is 2.11. The number of guanidine groups is 1. The van der Waals surface area contributed by atoms with E-state index in [1.807, 2.05) is 60.7 Å². The molecule has 0 aliphatic rings. The highest BCUT2D eigenvalue weighted by Gasteiger charge is 2.06. The first kappa shape index (κ1) is 14.2. The van der Waals surface area contributed by atoms with Crippen molar-refractivity contribution in [3.8, 4) is 0 Å². The van der Waals surface area contributed by atoms with E-state index >= 15 is 0 Å². The Morgan fingerprint density at radius 3 is 1.86 bits per heavy atom. The Hall–Kier alpha value is -3.22. The summed E-state index contributed by atoms with van der Waals surface area (Å²) in [4.78, 5) is 10.3. The smallest absolute Gasteiger partial charge is 0.275 e. The molecular formula is C14H13N5O2. The molecular weight excluding hydrogens is 270 g/mol. The van der Waals surface area contributed by atoms with Crippen molar-refractivity contribution < 1.29 is 5.03 Å². The number of nitrogens with two attached hydrogens (primary N) is 1. The molecule has 21 heavy (non-hydrogen) atoms. The van der Waals surface area contributed by atoms with E-state index in [1.54, 1.807) is 5.43 Å². The van der Waals surface area contributed by atoms with Crippen LogP contribution in [0.3, 0.4) is 0 Å². The van der Waals surface area contributed by atoms with Crippen molar-refractivity contribution in [2.45, 2.75) is 0 Å². The minimum Gasteiger partial charge on any atom is -0.364 e. The summed E-state index contributed by atoms with van der Waals surface area (Å²) >= 11 is 0. The highest BCUT2D eigenvalue weighted by atomic mass is 16.7. The van der Waals surface area contributed by atoms with Crippen molar-refractivity contribution in [1.82, 2.24) is 5.43 Å². The van der Waals surface area contributed by atoms with Crippen LogP contribution in [0.15, 0.2) is 70.9 Å². The van der Waals surface area contributed by atoms with Gasteiger partial charge in [0.25, 0.3) is 5.96 Å². The predicted molar refractivity (Wildman–Crippen MR) is 80.3 cm³/mol. The fraction of sp³-hybridized carbons (Fsp3) is 0. The van der Waals surface area contributed by atoms with Crippen LogP contribution >= 0.6 is 0 Å². The minimum atomic E-state index is -0.793. The summed E-state index contributed by atoms with van der Waals surface area (Å²) in [5, 5.41) is 17.2. The Balaban J connectivity index is 2.40. The lowest BCUT2D eigenvalue weighted by atomic mass is 10.0. The molecule has 0 aliphatic heterocycles. The first-order chi connectivity index (χ1) is 10.2. The second-order valence-corrected chi connectivity index (χ2v) is 4.03. The number of nitrogens with zero attached hydrogens (tertiary/aromatic N) is 3. The van der Waals surface area contributed by atoms with Gasteiger partial charge in [-0.05, 0) is 0 Å².